The Morgan fingerprint density at radius 2 is 2.08 bits per heavy atom. The molecule has 0 saturated heterocycles. The maximum atomic E-state index is 11.3. The van der Waals surface area contributed by atoms with Crippen molar-refractivity contribution in [1.82, 2.24) is 9.78 Å². The van der Waals surface area contributed by atoms with E-state index >= 15 is 0 Å². The SMILES string of the molecule is CC(S)c1cn(C(C)C)[nH]c1=O. The van der Waals surface area contributed by atoms with Gasteiger partial charge in [0.1, 0.15) is 0 Å². The lowest BCUT2D eigenvalue weighted by Gasteiger charge is -2.04. The van der Waals surface area contributed by atoms with Crippen LogP contribution < -0.4 is 5.56 Å². The van der Waals surface area contributed by atoms with E-state index in [1.807, 2.05) is 27.0 Å². The summed E-state index contributed by atoms with van der Waals surface area (Å²) in [4.78, 5) is 11.3. The fourth-order valence-corrected chi connectivity index (χ4v) is 1.18. The van der Waals surface area contributed by atoms with E-state index in [0.29, 0.717) is 6.04 Å². The molecule has 0 aromatic carbocycles. The summed E-state index contributed by atoms with van der Waals surface area (Å²) in [5.41, 5.74) is 0.693. The number of aromatic nitrogens is 2. The second-order valence-electron chi connectivity index (χ2n) is 3.20. The molecule has 3 nitrogen and oxygen atoms in total. The molecule has 1 rings (SSSR count). The fourth-order valence-electron chi connectivity index (χ4n) is 0.998. The summed E-state index contributed by atoms with van der Waals surface area (Å²) < 4.78 is 1.80. The predicted octanol–water partition coefficient (Wildman–Crippen LogP) is 1.75. The molecule has 1 N–H and O–H groups in total. The van der Waals surface area contributed by atoms with Crippen LogP contribution in [0.15, 0.2) is 11.0 Å². The molecule has 4 heteroatoms. The van der Waals surface area contributed by atoms with Crippen LogP contribution in [-0.4, -0.2) is 9.78 Å². The second kappa shape index (κ2) is 3.39. The fraction of sp³-hybridized carbons (Fsp3) is 0.625. The Morgan fingerprint density at radius 3 is 2.33 bits per heavy atom. The highest BCUT2D eigenvalue weighted by atomic mass is 32.1. The molecule has 1 atom stereocenters. The van der Waals surface area contributed by atoms with Gasteiger partial charge in [0.05, 0.1) is 0 Å². The molecule has 12 heavy (non-hydrogen) atoms. The average Bonchev–Trinajstić information content (AvgIpc) is 2.30. The van der Waals surface area contributed by atoms with E-state index in [1.54, 1.807) is 4.68 Å². The van der Waals surface area contributed by atoms with Gasteiger partial charge in [0.15, 0.2) is 0 Å². The van der Waals surface area contributed by atoms with E-state index in [4.69, 9.17) is 0 Å². The topological polar surface area (TPSA) is 37.8 Å². The van der Waals surface area contributed by atoms with Crippen molar-refractivity contribution in [2.24, 2.45) is 0 Å². The molecule has 0 aliphatic carbocycles. The van der Waals surface area contributed by atoms with Crippen LogP contribution in [0.2, 0.25) is 0 Å². The van der Waals surface area contributed by atoms with Crippen LogP contribution in [0.25, 0.3) is 0 Å². The number of H-pyrrole nitrogens is 1. The van der Waals surface area contributed by atoms with Crippen molar-refractivity contribution in [1.29, 1.82) is 0 Å². The van der Waals surface area contributed by atoms with Crippen LogP contribution in [-0.2, 0) is 0 Å². The minimum atomic E-state index is -0.0359. The van der Waals surface area contributed by atoms with Gasteiger partial charge in [0.25, 0.3) is 5.56 Å². The Bertz CT molecular complexity index is 311. The maximum Gasteiger partial charge on any atom is 0.268 e. The van der Waals surface area contributed by atoms with Crippen molar-refractivity contribution in [3.05, 3.63) is 22.1 Å². The van der Waals surface area contributed by atoms with Gasteiger partial charge in [-0.2, -0.15) is 12.6 Å². The second-order valence-corrected chi connectivity index (χ2v) is 3.98. The van der Waals surface area contributed by atoms with Gasteiger partial charge >= 0.3 is 0 Å². The van der Waals surface area contributed by atoms with Crippen LogP contribution in [0.1, 0.15) is 37.6 Å². The van der Waals surface area contributed by atoms with E-state index in [-0.39, 0.29) is 10.8 Å². The molecular weight excluding hydrogens is 172 g/mol. The van der Waals surface area contributed by atoms with Gasteiger partial charge in [-0.1, -0.05) is 0 Å². The molecule has 1 unspecified atom stereocenters. The van der Waals surface area contributed by atoms with E-state index in [0.717, 1.165) is 5.56 Å². The molecule has 0 aliphatic rings. The minimum Gasteiger partial charge on any atom is -0.290 e. The smallest absolute Gasteiger partial charge is 0.268 e. The van der Waals surface area contributed by atoms with Gasteiger partial charge in [-0.25, -0.2) is 0 Å². The van der Waals surface area contributed by atoms with Crippen molar-refractivity contribution in [3.8, 4) is 0 Å². The number of hydrogen-bond acceptors (Lipinski definition) is 2. The third kappa shape index (κ3) is 1.75. The van der Waals surface area contributed by atoms with E-state index in [2.05, 4.69) is 17.7 Å². The minimum absolute atomic E-state index is 0.00579. The lowest BCUT2D eigenvalue weighted by molar-refractivity contribution is 0.528. The zero-order valence-electron chi connectivity index (χ0n) is 7.53. The Kier molecular flexibility index (Phi) is 2.67. The van der Waals surface area contributed by atoms with Gasteiger partial charge in [-0.3, -0.25) is 14.6 Å². The highest BCUT2D eigenvalue weighted by Crippen LogP contribution is 2.15. The lowest BCUT2D eigenvalue weighted by atomic mass is 10.3. The third-order valence-electron chi connectivity index (χ3n) is 1.78. The Balaban J connectivity index is 3.09. The first kappa shape index (κ1) is 9.45. The first-order valence-corrected chi connectivity index (χ1v) is 4.53. The molecule has 1 aromatic heterocycles. The normalized spacial score (nSPS) is 13.8. The van der Waals surface area contributed by atoms with Crippen LogP contribution in [0.3, 0.4) is 0 Å². The molecule has 1 aromatic rings. The predicted molar refractivity (Wildman–Crippen MR) is 52.8 cm³/mol. The van der Waals surface area contributed by atoms with Crippen LogP contribution in [0.5, 0.6) is 0 Å². The molecule has 0 bridgehead atoms. The molecule has 68 valence electrons. The Morgan fingerprint density at radius 1 is 1.50 bits per heavy atom. The van der Waals surface area contributed by atoms with Crippen molar-refractivity contribution in [2.45, 2.75) is 32.1 Å². The quantitative estimate of drug-likeness (QED) is 0.678. The summed E-state index contributed by atoms with van der Waals surface area (Å²) in [7, 11) is 0. The molecule has 0 amide bonds. The highest BCUT2D eigenvalue weighted by Gasteiger charge is 2.09. The summed E-state index contributed by atoms with van der Waals surface area (Å²) in [6.45, 7) is 5.92. The first-order valence-electron chi connectivity index (χ1n) is 4.01. The summed E-state index contributed by atoms with van der Waals surface area (Å²) in [6.07, 6.45) is 1.82. The van der Waals surface area contributed by atoms with E-state index < -0.39 is 0 Å². The summed E-state index contributed by atoms with van der Waals surface area (Å²) >= 11 is 4.21. The molecule has 0 radical (unpaired) electrons. The molecular formula is C8H14N2OS. The maximum absolute atomic E-state index is 11.3. The highest BCUT2D eigenvalue weighted by molar-refractivity contribution is 7.80. The lowest BCUT2D eigenvalue weighted by Crippen LogP contribution is -2.09. The summed E-state index contributed by atoms with van der Waals surface area (Å²) in [5, 5.41) is 2.73. The molecule has 1 heterocycles. The summed E-state index contributed by atoms with van der Waals surface area (Å²) in [5.74, 6) is 0. The van der Waals surface area contributed by atoms with Gasteiger partial charge < -0.3 is 0 Å². The van der Waals surface area contributed by atoms with Crippen molar-refractivity contribution < 1.29 is 0 Å². The van der Waals surface area contributed by atoms with Gasteiger partial charge in [0.2, 0.25) is 0 Å². The van der Waals surface area contributed by atoms with Gasteiger partial charge in [-0.15, -0.1) is 0 Å². The van der Waals surface area contributed by atoms with Crippen molar-refractivity contribution >= 4 is 12.6 Å². The van der Waals surface area contributed by atoms with Crippen LogP contribution >= 0.6 is 12.6 Å². The van der Waals surface area contributed by atoms with Gasteiger partial charge in [0, 0.05) is 23.1 Å². The van der Waals surface area contributed by atoms with Crippen molar-refractivity contribution in [2.75, 3.05) is 0 Å². The average molecular weight is 186 g/mol. The number of hydrogen-bond donors (Lipinski definition) is 2. The van der Waals surface area contributed by atoms with E-state index in [9.17, 15) is 4.79 Å². The Hall–Kier alpha value is -0.640. The zero-order valence-corrected chi connectivity index (χ0v) is 8.43. The largest absolute Gasteiger partial charge is 0.290 e. The van der Waals surface area contributed by atoms with E-state index in [1.165, 1.54) is 0 Å². The molecule has 0 saturated carbocycles. The Labute approximate surface area is 77.2 Å². The monoisotopic (exact) mass is 186 g/mol. The first-order chi connectivity index (χ1) is 5.52. The standard InChI is InChI=1S/C8H14N2OS/c1-5(2)10-4-7(6(3)12)8(11)9-10/h4-6,12H,1-3H3,(H,9,11). The van der Waals surface area contributed by atoms with Gasteiger partial charge in [-0.05, 0) is 20.8 Å². The number of thiol groups is 1. The third-order valence-corrected chi connectivity index (χ3v) is 2.06. The molecule has 0 aliphatic heterocycles. The van der Waals surface area contributed by atoms with Crippen LogP contribution in [0, 0.1) is 0 Å². The number of aromatic amines is 1. The van der Waals surface area contributed by atoms with Crippen LogP contribution in [0.4, 0.5) is 0 Å². The summed E-state index contributed by atoms with van der Waals surface area (Å²) in [6, 6.07) is 0.290. The van der Waals surface area contributed by atoms with Crippen molar-refractivity contribution in [3.63, 3.8) is 0 Å². The zero-order chi connectivity index (χ0) is 9.30. The number of rotatable bonds is 2. The molecule has 0 fully saturated rings. The number of nitrogens with one attached hydrogen (secondary N) is 1. The molecule has 0 spiro atoms. The number of nitrogens with zero attached hydrogens (tertiary/aromatic N) is 1.